The second-order valence-corrected chi connectivity index (χ2v) is 5.28. The molecular formula is C16H14ClFN2O3. The van der Waals surface area contributed by atoms with Crippen LogP contribution in [0.25, 0.3) is 0 Å². The van der Waals surface area contributed by atoms with Crippen LogP contribution in [0.2, 0.25) is 5.02 Å². The molecule has 0 fully saturated rings. The Morgan fingerprint density at radius 1 is 1.30 bits per heavy atom. The van der Waals surface area contributed by atoms with Gasteiger partial charge >= 0.3 is 5.97 Å². The minimum atomic E-state index is -0.688. The lowest BCUT2D eigenvalue weighted by Crippen LogP contribution is -2.22. The monoisotopic (exact) mass is 336 g/mol. The normalized spacial score (nSPS) is 10.2. The Morgan fingerprint density at radius 3 is 2.74 bits per heavy atom. The number of aryl methyl sites for hydroxylation is 1. The van der Waals surface area contributed by atoms with Crippen molar-refractivity contribution in [3.05, 3.63) is 58.5 Å². The number of hydrogen-bond acceptors (Lipinski definition) is 4. The summed E-state index contributed by atoms with van der Waals surface area (Å²) in [7, 11) is 0. The first-order valence-corrected chi connectivity index (χ1v) is 7.14. The lowest BCUT2D eigenvalue weighted by atomic mass is 10.1. The van der Waals surface area contributed by atoms with E-state index in [-0.39, 0.29) is 12.0 Å². The summed E-state index contributed by atoms with van der Waals surface area (Å²) in [6.07, 6.45) is 1.14. The Kier molecular flexibility index (Phi) is 5.65. The zero-order valence-electron chi connectivity index (χ0n) is 12.3. The maximum atomic E-state index is 13.6. The van der Waals surface area contributed by atoms with Crippen LogP contribution in [0.1, 0.15) is 11.1 Å². The number of nitrogens with zero attached hydrogens (tertiary/aromatic N) is 1. The van der Waals surface area contributed by atoms with Gasteiger partial charge in [-0.05, 0) is 36.2 Å². The van der Waals surface area contributed by atoms with Gasteiger partial charge in [0.1, 0.15) is 11.6 Å². The van der Waals surface area contributed by atoms with Gasteiger partial charge in [0.05, 0.1) is 11.4 Å². The molecule has 1 amide bonds. The number of ether oxygens (including phenoxy) is 1. The Morgan fingerprint density at radius 2 is 2.09 bits per heavy atom. The molecule has 0 saturated heterocycles. The van der Waals surface area contributed by atoms with E-state index >= 15 is 0 Å². The van der Waals surface area contributed by atoms with Gasteiger partial charge in [0.15, 0.2) is 6.61 Å². The van der Waals surface area contributed by atoms with Gasteiger partial charge in [-0.15, -0.1) is 0 Å². The van der Waals surface area contributed by atoms with Crippen molar-refractivity contribution in [1.82, 2.24) is 4.98 Å². The summed E-state index contributed by atoms with van der Waals surface area (Å²) in [6, 6.07) is 7.63. The Hall–Kier alpha value is -2.47. The molecule has 1 N–H and O–H groups in total. The summed E-state index contributed by atoms with van der Waals surface area (Å²) in [5, 5.41) is 2.89. The van der Waals surface area contributed by atoms with Crippen molar-refractivity contribution < 1.29 is 18.7 Å². The molecule has 2 aromatic rings. The smallest absolute Gasteiger partial charge is 0.310 e. The number of amides is 1. The molecule has 1 heterocycles. The molecule has 120 valence electrons. The van der Waals surface area contributed by atoms with Crippen molar-refractivity contribution in [2.45, 2.75) is 13.3 Å². The second kappa shape index (κ2) is 7.69. The van der Waals surface area contributed by atoms with Crippen LogP contribution in [0.15, 0.2) is 36.5 Å². The number of rotatable bonds is 5. The van der Waals surface area contributed by atoms with Crippen molar-refractivity contribution in [3.8, 4) is 0 Å². The maximum Gasteiger partial charge on any atom is 0.310 e. The Labute approximate surface area is 137 Å². The molecule has 1 aromatic carbocycles. The zero-order valence-corrected chi connectivity index (χ0v) is 13.1. The summed E-state index contributed by atoms with van der Waals surface area (Å²) in [4.78, 5) is 27.2. The van der Waals surface area contributed by atoms with Crippen LogP contribution < -0.4 is 5.32 Å². The van der Waals surface area contributed by atoms with Crippen LogP contribution in [0.3, 0.4) is 0 Å². The highest BCUT2D eigenvalue weighted by atomic mass is 35.5. The number of nitrogens with one attached hydrogen (secondary N) is 1. The van der Waals surface area contributed by atoms with E-state index in [1.54, 1.807) is 19.1 Å². The zero-order chi connectivity index (χ0) is 16.8. The highest BCUT2D eigenvalue weighted by molar-refractivity contribution is 6.30. The number of hydrogen-bond donors (Lipinski definition) is 1. The third kappa shape index (κ3) is 5.34. The molecule has 0 saturated carbocycles. The van der Waals surface area contributed by atoms with Crippen molar-refractivity contribution >= 4 is 29.3 Å². The first-order valence-electron chi connectivity index (χ1n) is 6.76. The molecule has 0 spiro atoms. The molecule has 0 aliphatic carbocycles. The number of benzene rings is 1. The fraction of sp³-hybridized carbons (Fsp3) is 0.188. The highest BCUT2D eigenvalue weighted by Crippen LogP contribution is 2.11. The summed E-state index contributed by atoms with van der Waals surface area (Å²) in [5.74, 6) is -1.42. The molecule has 0 atom stereocenters. The lowest BCUT2D eigenvalue weighted by Gasteiger charge is -2.07. The standard InChI is InChI=1S/C16H14ClFN2O3/c1-10-2-3-11(13(18)6-10)7-16(22)23-9-15(21)20-14-5-4-12(17)8-19-14/h2-6,8H,7,9H2,1H3,(H,19,20,21). The third-order valence-electron chi connectivity index (χ3n) is 2.90. The number of esters is 1. The SMILES string of the molecule is Cc1ccc(CC(=O)OCC(=O)Nc2ccc(Cl)cn2)c(F)c1. The average Bonchev–Trinajstić information content (AvgIpc) is 2.50. The van der Waals surface area contributed by atoms with E-state index in [2.05, 4.69) is 10.3 Å². The number of halogens is 2. The quantitative estimate of drug-likeness (QED) is 0.852. The van der Waals surface area contributed by atoms with Gasteiger partial charge < -0.3 is 10.1 Å². The van der Waals surface area contributed by atoms with Crippen molar-refractivity contribution in [1.29, 1.82) is 0 Å². The lowest BCUT2D eigenvalue weighted by molar-refractivity contribution is -0.146. The second-order valence-electron chi connectivity index (χ2n) is 4.84. The number of carbonyl (C=O) groups excluding carboxylic acids is 2. The maximum absolute atomic E-state index is 13.6. The Bertz CT molecular complexity index is 720. The van der Waals surface area contributed by atoms with Crippen LogP contribution in [-0.4, -0.2) is 23.5 Å². The van der Waals surface area contributed by atoms with Crippen LogP contribution in [-0.2, 0) is 20.7 Å². The van der Waals surface area contributed by atoms with Gasteiger partial charge in [-0.3, -0.25) is 9.59 Å². The van der Waals surface area contributed by atoms with Crippen LogP contribution in [0, 0.1) is 12.7 Å². The van der Waals surface area contributed by atoms with Crippen LogP contribution >= 0.6 is 11.6 Å². The summed E-state index contributed by atoms with van der Waals surface area (Å²) >= 11 is 5.68. The van der Waals surface area contributed by atoms with E-state index in [1.165, 1.54) is 24.4 Å². The molecule has 2 rings (SSSR count). The number of anilines is 1. The number of pyridine rings is 1. The molecule has 0 aliphatic heterocycles. The molecule has 23 heavy (non-hydrogen) atoms. The van der Waals surface area contributed by atoms with Gasteiger partial charge in [0.25, 0.3) is 5.91 Å². The predicted molar refractivity (Wildman–Crippen MR) is 83.7 cm³/mol. The topological polar surface area (TPSA) is 68.3 Å². The average molecular weight is 337 g/mol. The largest absolute Gasteiger partial charge is 0.455 e. The first-order chi connectivity index (χ1) is 10.9. The first kappa shape index (κ1) is 16.9. The van der Waals surface area contributed by atoms with E-state index in [4.69, 9.17) is 16.3 Å². The molecule has 0 bridgehead atoms. The van der Waals surface area contributed by atoms with Gasteiger partial charge in [-0.25, -0.2) is 9.37 Å². The van der Waals surface area contributed by atoms with Crippen molar-refractivity contribution in [2.24, 2.45) is 0 Å². The van der Waals surface area contributed by atoms with Gasteiger partial charge in [-0.1, -0.05) is 23.7 Å². The molecular weight excluding hydrogens is 323 g/mol. The molecule has 0 radical (unpaired) electrons. The molecule has 1 aromatic heterocycles. The minimum absolute atomic E-state index is 0.223. The fourth-order valence-corrected chi connectivity index (χ4v) is 1.89. The predicted octanol–water partition coefficient (Wildman–Crippen LogP) is 2.91. The molecule has 0 aliphatic rings. The number of aromatic nitrogens is 1. The van der Waals surface area contributed by atoms with Crippen LogP contribution in [0.4, 0.5) is 10.2 Å². The van der Waals surface area contributed by atoms with Crippen molar-refractivity contribution in [2.75, 3.05) is 11.9 Å². The summed E-state index contributed by atoms with van der Waals surface area (Å²) in [5.41, 5.74) is 0.981. The van der Waals surface area contributed by atoms with Gasteiger partial charge in [0.2, 0.25) is 0 Å². The minimum Gasteiger partial charge on any atom is -0.455 e. The van der Waals surface area contributed by atoms with E-state index < -0.39 is 24.3 Å². The van der Waals surface area contributed by atoms with Gasteiger partial charge in [0, 0.05) is 6.20 Å². The highest BCUT2D eigenvalue weighted by Gasteiger charge is 2.12. The molecule has 0 unspecified atom stereocenters. The molecule has 7 heteroatoms. The number of carbonyl (C=O) groups is 2. The van der Waals surface area contributed by atoms with E-state index in [0.717, 1.165) is 5.56 Å². The van der Waals surface area contributed by atoms with Crippen molar-refractivity contribution in [3.63, 3.8) is 0 Å². The van der Waals surface area contributed by atoms with Gasteiger partial charge in [-0.2, -0.15) is 0 Å². The molecule has 5 nitrogen and oxygen atoms in total. The van der Waals surface area contributed by atoms with E-state index in [9.17, 15) is 14.0 Å². The third-order valence-corrected chi connectivity index (χ3v) is 3.13. The van der Waals surface area contributed by atoms with E-state index in [0.29, 0.717) is 10.8 Å². The Balaban J connectivity index is 1.81. The summed E-state index contributed by atoms with van der Waals surface area (Å²) in [6.45, 7) is 1.27. The van der Waals surface area contributed by atoms with Crippen LogP contribution in [0.5, 0.6) is 0 Å². The fourth-order valence-electron chi connectivity index (χ4n) is 1.78. The van der Waals surface area contributed by atoms with E-state index in [1.807, 2.05) is 0 Å². The summed E-state index contributed by atoms with van der Waals surface area (Å²) < 4.78 is 18.4.